The first kappa shape index (κ1) is 13.9. The van der Waals surface area contributed by atoms with Gasteiger partial charge in [0.2, 0.25) is 0 Å². The summed E-state index contributed by atoms with van der Waals surface area (Å²) in [6.45, 7) is 0. The van der Waals surface area contributed by atoms with Crippen LogP contribution in [0.3, 0.4) is 0 Å². The van der Waals surface area contributed by atoms with Crippen LogP contribution in [0.5, 0.6) is 0 Å². The highest BCUT2D eigenvalue weighted by Gasteiger charge is 2.19. The molecule has 0 aromatic heterocycles. The van der Waals surface area contributed by atoms with Crippen LogP contribution in [-0.4, -0.2) is 19.1 Å². The number of carbonyl (C=O) groups excluding carboxylic acids is 1. The predicted octanol–water partition coefficient (Wildman–Crippen LogP) is 2.47. The zero-order valence-corrected chi connectivity index (χ0v) is 11.4. The van der Waals surface area contributed by atoms with Crippen LogP contribution in [0.4, 0.5) is 11.4 Å². The van der Waals surface area contributed by atoms with Crippen molar-refractivity contribution in [2.24, 2.45) is 0 Å². The van der Waals surface area contributed by atoms with Crippen LogP contribution >= 0.6 is 0 Å². The second-order valence-electron chi connectivity index (χ2n) is 4.53. The fourth-order valence-electron chi connectivity index (χ4n) is 1.96. The molecule has 104 valence electrons. The van der Waals surface area contributed by atoms with Gasteiger partial charge in [-0.2, -0.15) is 0 Å². The number of para-hydroxylation sites is 1. The average Bonchev–Trinajstić information content (AvgIpc) is 2.49. The summed E-state index contributed by atoms with van der Waals surface area (Å²) in [5.41, 5.74) is 8.28. The summed E-state index contributed by atoms with van der Waals surface area (Å²) in [5.74, 6) is -0.286. The number of nitrogens with two attached hydrogens (primary N) is 1. The zero-order chi connectivity index (χ0) is 14.4. The number of hydrogen-bond donors (Lipinski definition) is 2. The quantitative estimate of drug-likeness (QED) is 0.647. The lowest BCUT2D eigenvalue weighted by molar-refractivity contribution is -0.141. The van der Waals surface area contributed by atoms with Crippen molar-refractivity contribution in [1.82, 2.24) is 0 Å². The second kappa shape index (κ2) is 6.61. The van der Waals surface area contributed by atoms with Gasteiger partial charge < -0.3 is 15.8 Å². The highest BCUT2D eigenvalue weighted by Crippen LogP contribution is 2.13. The summed E-state index contributed by atoms with van der Waals surface area (Å²) in [5, 5.41) is 3.19. The Morgan fingerprint density at radius 2 is 1.80 bits per heavy atom. The van der Waals surface area contributed by atoms with Gasteiger partial charge >= 0.3 is 5.97 Å². The minimum absolute atomic E-state index is 0.286. The number of rotatable bonds is 5. The Kier molecular flexibility index (Phi) is 4.60. The molecule has 0 aliphatic rings. The van der Waals surface area contributed by atoms with E-state index in [9.17, 15) is 4.79 Å². The van der Waals surface area contributed by atoms with Gasteiger partial charge in [0.15, 0.2) is 0 Å². The molecule has 0 saturated heterocycles. The number of methoxy groups -OCH3 is 1. The predicted molar refractivity (Wildman–Crippen MR) is 80.4 cm³/mol. The molecular weight excluding hydrogens is 252 g/mol. The Morgan fingerprint density at radius 1 is 1.15 bits per heavy atom. The van der Waals surface area contributed by atoms with E-state index in [-0.39, 0.29) is 5.97 Å². The second-order valence-corrected chi connectivity index (χ2v) is 4.53. The minimum Gasteiger partial charge on any atom is -0.467 e. The third-order valence-corrected chi connectivity index (χ3v) is 3.02. The number of benzene rings is 2. The Bertz CT molecular complexity index is 552. The molecule has 2 aromatic carbocycles. The van der Waals surface area contributed by atoms with Crippen LogP contribution in [0.2, 0.25) is 0 Å². The zero-order valence-electron chi connectivity index (χ0n) is 11.4. The number of nitrogen functional groups attached to an aromatic ring is 1. The van der Waals surface area contributed by atoms with Gasteiger partial charge in [-0.05, 0) is 29.8 Å². The topological polar surface area (TPSA) is 64.3 Å². The van der Waals surface area contributed by atoms with E-state index >= 15 is 0 Å². The molecule has 3 N–H and O–H groups in total. The first-order valence-corrected chi connectivity index (χ1v) is 6.43. The van der Waals surface area contributed by atoms with E-state index in [4.69, 9.17) is 10.5 Å². The number of anilines is 2. The van der Waals surface area contributed by atoms with Gasteiger partial charge in [0.25, 0.3) is 0 Å². The van der Waals surface area contributed by atoms with Gasteiger partial charge in [0.1, 0.15) is 6.04 Å². The molecule has 0 aliphatic carbocycles. The third-order valence-electron chi connectivity index (χ3n) is 3.02. The molecule has 2 aromatic rings. The molecule has 20 heavy (non-hydrogen) atoms. The molecule has 4 nitrogen and oxygen atoms in total. The summed E-state index contributed by atoms with van der Waals surface area (Å²) in [6, 6.07) is 16.6. The fourth-order valence-corrected chi connectivity index (χ4v) is 1.96. The largest absolute Gasteiger partial charge is 0.467 e. The van der Waals surface area contributed by atoms with Crippen molar-refractivity contribution >= 4 is 17.3 Å². The lowest BCUT2D eigenvalue weighted by Crippen LogP contribution is -2.32. The van der Waals surface area contributed by atoms with E-state index in [2.05, 4.69) is 5.32 Å². The third kappa shape index (κ3) is 3.75. The van der Waals surface area contributed by atoms with Gasteiger partial charge in [-0.3, -0.25) is 0 Å². The molecule has 0 radical (unpaired) electrons. The van der Waals surface area contributed by atoms with Gasteiger partial charge in [-0.1, -0.05) is 30.3 Å². The fraction of sp³-hybridized carbons (Fsp3) is 0.188. The highest BCUT2D eigenvalue weighted by atomic mass is 16.5. The van der Waals surface area contributed by atoms with Crippen LogP contribution in [-0.2, 0) is 16.0 Å². The van der Waals surface area contributed by atoms with Crippen molar-refractivity contribution in [3.63, 3.8) is 0 Å². The maximum absolute atomic E-state index is 11.9. The van der Waals surface area contributed by atoms with Crippen molar-refractivity contribution < 1.29 is 9.53 Å². The van der Waals surface area contributed by atoms with Crippen molar-refractivity contribution in [3.8, 4) is 0 Å². The summed E-state index contributed by atoms with van der Waals surface area (Å²) in [7, 11) is 1.39. The number of esters is 1. The van der Waals surface area contributed by atoms with E-state index in [1.54, 1.807) is 0 Å². The van der Waals surface area contributed by atoms with E-state index in [1.165, 1.54) is 7.11 Å². The Hall–Kier alpha value is -2.49. The van der Waals surface area contributed by atoms with Crippen LogP contribution in [0.15, 0.2) is 54.6 Å². The molecule has 0 bridgehead atoms. The Balaban J connectivity index is 2.11. The van der Waals surface area contributed by atoms with Gasteiger partial charge in [0, 0.05) is 17.8 Å². The van der Waals surface area contributed by atoms with Crippen LogP contribution in [0.1, 0.15) is 5.56 Å². The number of carbonyl (C=O) groups is 1. The van der Waals surface area contributed by atoms with E-state index < -0.39 is 6.04 Å². The molecule has 0 aliphatic heterocycles. The summed E-state index contributed by atoms with van der Waals surface area (Å²) < 4.78 is 4.85. The molecule has 1 atom stereocenters. The normalized spacial score (nSPS) is 11.7. The minimum atomic E-state index is -0.425. The van der Waals surface area contributed by atoms with E-state index in [0.717, 1.165) is 11.3 Å². The standard InChI is InChI=1S/C16H18N2O2/c1-20-16(19)15(18-14-5-3-2-4-6-14)11-12-7-9-13(17)10-8-12/h2-10,15,18H,11,17H2,1H3. The maximum Gasteiger partial charge on any atom is 0.328 e. The maximum atomic E-state index is 11.9. The van der Waals surface area contributed by atoms with Gasteiger partial charge in [0.05, 0.1) is 7.11 Å². The average molecular weight is 270 g/mol. The van der Waals surface area contributed by atoms with Crippen molar-refractivity contribution in [1.29, 1.82) is 0 Å². The number of hydrogen-bond acceptors (Lipinski definition) is 4. The Morgan fingerprint density at radius 3 is 2.40 bits per heavy atom. The van der Waals surface area contributed by atoms with Crippen LogP contribution in [0, 0.1) is 0 Å². The molecular formula is C16H18N2O2. The first-order valence-electron chi connectivity index (χ1n) is 6.43. The van der Waals surface area contributed by atoms with Gasteiger partial charge in [-0.15, -0.1) is 0 Å². The lowest BCUT2D eigenvalue weighted by atomic mass is 10.1. The molecule has 0 spiro atoms. The Labute approximate surface area is 118 Å². The monoisotopic (exact) mass is 270 g/mol. The number of nitrogens with one attached hydrogen (secondary N) is 1. The van der Waals surface area contributed by atoms with Gasteiger partial charge in [-0.25, -0.2) is 4.79 Å². The number of ether oxygens (including phenoxy) is 1. The van der Waals surface area contributed by atoms with Crippen molar-refractivity contribution in [3.05, 3.63) is 60.2 Å². The van der Waals surface area contributed by atoms with E-state index in [1.807, 2.05) is 54.6 Å². The summed E-state index contributed by atoms with van der Waals surface area (Å²) in [4.78, 5) is 11.9. The molecule has 0 fully saturated rings. The first-order chi connectivity index (χ1) is 9.69. The molecule has 0 saturated carbocycles. The SMILES string of the molecule is COC(=O)C(Cc1ccc(N)cc1)Nc1ccccc1. The van der Waals surface area contributed by atoms with Crippen LogP contribution < -0.4 is 11.1 Å². The smallest absolute Gasteiger partial charge is 0.328 e. The molecule has 0 amide bonds. The molecule has 1 unspecified atom stereocenters. The van der Waals surface area contributed by atoms with Crippen molar-refractivity contribution in [2.45, 2.75) is 12.5 Å². The molecule has 0 heterocycles. The summed E-state index contributed by atoms with van der Waals surface area (Å²) >= 11 is 0. The van der Waals surface area contributed by atoms with Crippen LogP contribution in [0.25, 0.3) is 0 Å². The molecule has 4 heteroatoms. The van der Waals surface area contributed by atoms with Crippen molar-refractivity contribution in [2.75, 3.05) is 18.2 Å². The highest BCUT2D eigenvalue weighted by molar-refractivity contribution is 5.79. The van der Waals surface area contributed by atoms with E-state index in [0.29, 0.717) is 12.1 Å². The molecule has 2 rings (SSSR count). The lowest BCUT2D eigenvalue weighted by Gasteiger charge is -2.17. The summed E-state index contributed by atoms with van der Waals surface area (Å²) in [6.07, 6.45) is 0.543.